The van der Waals surface area contributed by atoms with E-state index in [0.29, 0.717) is 19.6 Å². The van der Waals surface area contributed by atoms with E-state index in [-0.39, 0.29) is 28.7 Å². The van der Waals surface area contributed by atoms with Gasteiger partial charge in [-0.25, -0.2) is 4.39 Å². The van der Waals surface area contributed by atoms with Gasteiger partial charge in [0, 0.05) is 25.2 Å². The summed E-state index contributed by atoms with van der Waals surface area (Å²) in [6.07, 6.45) is 6.55. The van der Waals surface area contributed by atoms with E-state index in [4.69, 9.17) is 16.5 Å². The first kappa shape index (κ1) is 28.4. The maximum Gasteiger partial charge on any atom is 0.232 e. The van der Waals surface area contributed by atoms with Gasteiger partial charge < -0.3 is 27.0 Å². The molecule has 4 atom stereocenters. The van der Waals surface area contributed by atoms with E-state index in [1.165, 1.54) is 6.21 Å². The zero-order valence-corrected chi connectivity index (χ0v) is 22.6. The minimum absolute atomic E-state index is 0.0786. The van der Waals surface area contributed by atoms with Crippen LogP contribution in [0.4, 0.5) is 4.39 Å². The third-order valence-corrected chi connectivity index (χ3v) is 8.72. The molecule has 0 aliphatic carbocycles. The van der Waals surface area contributed by atoms with Gasteiger partial charge in [0.15, 0.2) is 0 Å². The van der Waals surface area contributed by atoms with Gasteiger partial charge in [0.05, 0.1) is 30.0 Å². The van der Waals surface area contributed by atoms with Crippen LogP contribution in [0, 0.1) is 16.7 Å². The Labute approximate surface area is 215 Å². The highest BCUT2D eigenvalue weighted by Gasteiger charge is 2.54. The molecule has 0 saturated carbocycles. The zero-order valence-electron chi connectivity index (χ0n) is 22.6. The standard InChI is InChI=1S/C26H45FN8O/c1-6-11-25(5)12-9-18(27)14-31-22(26(25,7-2)8-3)21(23(28)29)24(36)33-19-15-30-13-10-20(19)35-16-32-34-17(35)4/h9,14,17,21-23,30H,6-8,10-13,15-16,28-29H2,1-5H3,(H,33,36)/b18-9+,31-14?/t17?,21?,22?,25-/m1/s1. The lowest BCUT2D eigenvalue weighted by Gasteiger charge is -2.54. The van der Waals surface area contributed by atoms with Crippen LogP contribution in [-0.4, -0.2) is 55.2 Å². The van der Waals surface area contributed by atoms with Crippen molar-refractivity contribution in [2.45, 2.75) is 91.5 Å². The molecule has 6 N–H and O–H groups in total. The summed E-state index contributed by atoms with van der Waals surface area (Å²) in [5, 5.41) is 14.9. The third kappa shape index (κ3) is 5.40. The average molecular weight is 505 g/mol. The highest BCUT2D eigenvalue weighted by atomic mass is 19.1. The number of hydrogen-bond acceptors (Lipinski definition) is 8. The molecule has 202 valence electrons. The van der Waals surface area contributed by atoms with Crippen LogP contribution in [0.25, 0.3) is 0 Å². The van der Waals surface area contributed by atoms with Crippen molar-refractivity contribution >= 4 is 12.1 Å². The molecular weight excluding hydrogens is 459 g/mol. The Morgan fingerprint density at radius 3 is 2.64 bits per heavy atom. The summed E-state index contributed by atoms with van der Waals surface area (Å²) >= 11 is 0. The van der Waals surface area contributed by atoms with Gasteiger partial charge in [-0.05, 0) is 49.5 Å². The van der Waals surface area contributed by atoms with Gasteiger partial charge in [0.2, 0.25) is 5.91 Å². The van der Waals surface area contributed by atoms with E-state index in [2.05, 4.69) is 53.5 Å². The molecule has 0 fully saturated rings. The lowest BCUT2D eigenvalue weighted by Crippen LogP contribution is -2.60. The fraction of sp³-hybridized carbons (Fsp3) is 0.769. The summed E-state index contributed by atoms with van der Waals surface area (Å²) in [6, 6.07) is -0.570. The third-order valence-electron chi connectivity index (χ3n) is 8.72. The number of amides is 1. The summed E-state index contributed by atoms with van der Waals surface area (Å²) in [5.41, 5.74) is 13.8. The van der Waals surface area contributed by atoms with Gasteiger partial charge >= 0.3 is 0 Å². The second kappa shape index (κ2) is 11.9. The van der Waals surface area contributed by atoms with Crippen LogP contribution in [0.15, 0.2) is 38.5 Å². The van der Waals surface area contributed by atoms with Crippen LogP contribution >= 0.6 is 0 Å². The lowest BCUT2D eigenvalue weighted by atomic mass is 9.52. The Morgan fingerprint density at radius 1 is 1.33 bits per heavy atom. The van der Waals surface area contributed by atoms with Crippen LogP contribution in [0.1, 0.15) is 73.1 Å². The second-order valence-electron chi connectivity index (χ2n) is 10.6. The average Bonchev–Trinajstić information content (AvgIpc) is 3.27. The Morgan fingerprint density at radius 2 is 2.06 bits per heavy atom. The van der Waals surface area contributed by atoms with E-state index in [1.807, 2.05) is 6.92 Å². The Hall–Kier alpha value is -2.17. The fourth-order valence-corrected chi connectivity index (χ4v) is 6.67. The van der Waals surface area contributed by atoms with Crippen molar-refractivity contribution in [1.29, 1.82) is 0 Å². The SMILES string of the molecule is CCC[C@]1(C)C/C=C(/F)C=NC(C(C(=O)NC2=C(N3CN=NC3C)CCNC2)C(N)N)C1(CC)CC. The summed E-state index contributed by atoms with van der Waals surface area (Å²) < 4.78 is 14.6. The van der Waals surface area contributed by atoms with Crippen LogP contribution in [-0.2, 0) is 4.79 Å². The number of hydrogen-bond donors (Lipinski definition) is 4. The van der Waals surface area contributed by atoms with E-state index >= 15 is 0 Å². The smallest absolute Gasteiger partial charge is 0.232 e. The number of aliphatic imine (C=N–C) groups is 1. The highest BCUT2D eigenvalue weighted by molar-refractivity contribution is 5.83. The topological polar surface area (TPSA) is 133 Å². The molecule has 1 amide bonds. The molecule has 0 saturated heterocycles. The molecule has 3 unspecified atom stereocenters. The molecule has 0 aromatic carbocycles. The van der Waals surface area contributed by atoms with Crippen LogP contribution < -0.4 is 22.1 Å². The Kier molecular flexibility index (Phi) is 9.40. The normalized spacial score (nSPS) is 30.7. The zero-order chi connectivity index (χ0) is 26.5. The minimum atomic E-state index is -0.960. The fourth-order valence-electron chi connectivity index (χ4n) is 6.67. The van der Waals surface area contributed by atoms with Crippen molar-refractivity contribution in [1.82, 2.24) is 15.5 Å². The molecule has 0 aromatic heterocycles. The summed E-state index contributed by atoms with van der Waals surface area (Å²) in [5.74, 6) is -1.49. The molecule has 0 spiro atoms. The number of azo groups is 1. The Balaban J connectivity index is 2.04. The van der Waals surface area contributed by atoms with Gasteiger partial charge in [-0.2, -0.15) is 10.2 Å². The number of allylic oxidation sites excluding steroid dienone is 2. The molecular formula is C26H45FN8O. The first-order chi connectivity index (χ1) is 17.1. The van der Waals surface area contributed by atoms with Gasteiger partial charge in [0.25, 0.3) is 0 Å². The number of rotatable bonds is 9. The Bertz CT molecular complexity index is 910. The van der Waals surface area contributed by atoms with E-state index < -0.39 is 18.1 Å². The maximum absolute atomic E-state index is 14.6. The molecule has 0 radical (unpaired) electrons. The van der Waals surface area contributed by atoms with Gasteiger partial charge in [0.1, 0.15) is 18.7 Å². The van der Waals surface area contributed by atoms with Crippen LogP contribution in [0.5, 0.6) is 0 Å². The number of nitrogens with one attached hydrogen (secondary N) is 2. The summed E-state index contributed by atoms with van der Waals surface area (Å²) in [4.78, 5) is 20.8. The highest BCUT2D eigenvalue weighted by Crippen LogP contribution is 2.56. The molecule has 3 aliphatic rings. The predicted octanol–water partition coefficient (Wildman–Crippen LogP) is 3.55. The maximum atomic E-state index is 14.6. The van der Waals surface area contributed by atoms with Gasteiger partial charge in [-0.15, -0.1) is 0 Å². The molecule has 3 aliphatic heterocycles. The molecule has 3 heterocycles. The first-order valence-electron chi connectivity index (χ1n) is 13.4. The van der Waals surface area contributed by atoms with Crippen molar-refractivity contribution in [3.8, 4) is 0 Å². The number of nitrogens with zero attached hydrogens (tertiary/aromatic N) is 4. The van der Waals surface area contributed by atoms with Crippen LogP contribution in [0.2, 0.25) is 0 Å². The van der Waals surface area contributed by atoms with Crippen molar-refractivity contribution in [2.75, 3.05) is 19.8 Å². The first-order valence-corrected chi connectivity index (χ1v) is 13.4. The van der Waals surface area contributed by atoms with Gasteiger partial charge in [-0.3, -0.25) is 9.79 Å². The minimum Gasteiger partial charge on any atom is -0.329 e. The number of carbonyl (C=O) groups is 1. The van der Waals surface area contributed by atoms with Crippen molar-refractivity contribution in [3.05, 3.63) is 23.3 Å². The summed E-state index contributed by atoms with van der Waals surface area (Å²) in [6.45, 7) is 12.4. The van der Waals surface area contributed by atoms with Crippen LogP contribution in [0.3, 0.4) is 0 Å². The van der Waals surface area contributed by atoms with E-state index in [9.17, 15) is 9.18 Å². The molecule has 36 heavy (non-hydrogen) atoms. The molecule has 9 nitrogen and oxygen atoms in total. The monoisotopic (exact) mass is 504 g/mol. The quantitative estimate of drug-likeness (QED) is 0.356. The lowest BCUT2D eigenvalue weighted by molar-refractivity contribution is -0.129. The largest absolute Gasteiger partial charge is 0.329 e. The van der Waals surface area contributed by atoms with Crippen molar-refractivity contribution in [3.63, 3.8) is 0 Å². The van der Waals surface area contributed by atoms with Gasteiger partial charge in [-0.1, -0.05) is 34.1 Å². The number of halogens is 1. The number of carbonyl (C=O) groups excluding carboxylic acids is 1. The predicted molar refractivity (Wildman–Crippen MR) is 141 cm³/mol. The van der Waals surface area contributed by atoms with E-state index in [0.717, 1.165) is 50.0 Å². The molecule has 0 aromatic rings. The molecule has 0 bridgehead atoms. The van der Waals surface area contributed by atoms with Crippen molar-refractivity contribution < 1.29 is 9.18 Å². The van der Waals surface area contributed by atoms with Crippen molar-refractivity contribution in [2.24, 2.45) is 43.4 Å². The molecule has 10 heteroatoms. The number of nitrogens with two attached hydrogens (primary N) is 2. The van der Waals surface area contributed by atoms with E-state index in [1.54, 1.807) is 6.08 Å². The molecule has 3 rings (SSSR count). The summed E-state index contributed by atoms with van der Waals surface area (Å²) in [7, 11) is 0. The second-order valence-corrected chi connectivity index (χ2v) is 10.6.